The molecule has 0 unspecified atom stereocenters. The molecule has 0 spiro atoms. The fourth-order valence-electron chi connectivity index (χ4n) is 3.54. The van der Waals surface area contributed by atoms with Gasteiger partial charge < -0.3 is 10.4 Å². The summed E-state index contributed by atoms with van der Waals surface area (Å²) in [6.45, 7) is 0.252. The Morgan fingerprint density at radius 2 is 1.47 bits per heavy atom. The van der Waals surface area contributed by atoms with Gasteiger partial charge in [-0.1, -0.05) is 42.5 Å². The van der Waals surface area contributed by atoms with E-state index in [2.05, 4.69) is 5.32 Å². The van der Waals surface area contributed by atoms with E-state index >= 15 is 0 Å². The number of carbonyl (C=O) groups is 2. The van der Waals surface area contributed by atoms with Gasteiger partial charge in [0.1, 0.15) is 5.75 Å². The highest BCUT2D eigenvalue weighted by Gasteiger charge is 2.33. The van der Waals surface area contributed by atoms with Gasteiger partial charge in [-0.25, -0.2) is 0 Å². The smallest absolute Gasteiger partial charge is 0.294 e. The van der Waals surface area contributed by atoms with Crippen LogP contribution < -0.4 is 5.32 Å². The topological polar surface area (TPSA) is 121 Å². The molecule has 3 aromatic rings. The molecule has 3 aromatic carbocycles. The summed E-state index contributed by atoms with van der Waals surface area (Å²) in [4.78, 5) is 25.5. The summed E-state index contributed by atoms with van der Waals surface area (Å²) in [6, 6.07) is 15.2. The number of anilines is 1. The van der Waals surface area contributed by atoms with E-state index in [0.29, 0.717) is 12.0 Å². The van der Waals surface area contributed by atoms with Crippen LogP contribution in [0.25, 0.3) is 0 Å². The van der Waals surface area contributed by atoms with Crippen LogP contribution in [0.15, 0.2) is 65.6 Å². The summed E-state index contributed by atoms with van der Waals surface area (Å²) < 4.78 is 33.0. The van der Waals surface area contributed by atoms with Crippen molar-refractivity contribution < 1.29 is 27.7 Å². The van der Waals surface area contributed by atoms with Crippen molar-refractivity contribution >= 4 is 27.4 Å². The normalized spacial score (nSPS) is 13.0. The van der Waals surface area contributed by atoms with E-state index in [1.807, 2.05) is 0 Å². The van der Waals surface area contributed by atoms with Crippen molar-refractivity contribution in [2.45, 2.75) is 11.3 Å². The Bertz CT molecular complexity index is 1300. The number of hydrogen-bond acceptors (Lipinski definition) is 6. The quantitative estimate of drug-likeness (QED) is 0.422. The molecule has 0 bridgehead atoms. The van der Waals surface area contributed by atoms with Crippen LogP contribution in [0.5, 0.6) is 5.75 Å². The van der Waals surface area contributed by atoms with E-state index in [1.165, 1.54) is 6.07 Å². The molecule has 0 saturated carbocycles. The molecule has 0 fully saturated rings. The highest BCUT2D eigenvalue weighted by Crippen LogP contribution is 2.34. The van der Waals surface area contributed by atoms with Crippen LogP contribution in [0.2, 0.25) is 0 Å². The van der Waals surface area contributed by atoms with Gasteiger partial charge in [0.2, 0.25) is 0 Å². The third-order valence-corrected chi connectivity index (χ3v) is 5.83. The molecule has 4 rings (SSSR count). The summed E-state index contributed by atoms with van der Waals surface area (Å²) >= 11 is 0. The number of nitrogens with one attached hydrogen (secondary N) is 1. The maximum atomic E-state index is 13.1. The van der Waals surface area contributed by atoms with Crippen LogP contribution in [-0.4, -0.2) is 36.2 Å². The van der Waals surface area contributed by atoms with E-state index < -0.39 is 26.6 Å². The first-order valence-corrected chi connectivity index (χ1v) is 10.6. The predicted molar refractivity (Wildman–Crippen MR) is 110 cm³/mol. The number of phenols is 1. The minimum Gasteiger partial charge on any atom is -0.508 e. The van der Waals surface area contributed by atoms with Crippen molar-refractivity contribution in [3.05, 3.63) is 88.5 Å². The lowest BCUT2D eigenvalue weighted by molar-refractivity contribution is 0.0979. The second-order valence-electron chi connectivity index (χ2n) is 6.88. The minimum absolute atomic E-state index is 0.0587. The lowest BCUT2D eigenvalue weighted by Gasteiger charge is -2.21. The number of benzene rings is 3. The number of carbonyl (C=O) groups excluding carboxylic acids is 2. The Kier molecular flexibility index (Phi) is 4.89. The molecule has 152 valence electrons. The molecule has 30 heavy (non-hydrogen) atoms. The number of rotatable bonds is 5. The van der Waals surface area contributed by atoms with Gasteiger partial charge in [-0.2, -0.15) is 8.42 Å². The lowest BCUT2D eigenvalue weighted by Crippen LogP contribution is -2.23. The first-order valence-electron chi connectivity index (χ1n) is 9.12. The first kappa shape index (κ1) is 19.8. The molecular weight excluding hydrogens is 406 g/mol. The summed E-state index contributed by atoms with van der Waals surface area (Å²) in [6.07, 6.45) is 0.385. The summed E-state index contributed by atoms with van der Waals surface area (Å²) in [5.41, 5.74) is 1.18. The van der Waals surface area contributed by atoms with E-state index in [-0.39, 0.29) is 40.2 Å². The molecule has 8 heteroatoms. The Labute approximate surface area is 172 Å². The monoisotopic (exact) mass is 423 g/mol. The van der Waals surface area contributed by atoms with Gasteiger partial charge in [0.15, 0.2) is 11.6 Å². The van der Waals surface area contributed by atoms with Crippen molar-refractivity contribution in [2.75, 3.05) is 11.9 Å². The first-order chi connectivity index (χ1) is 14.3. The van der Waals surface area contributed by atoms with Crippen molar-refractivity contribution in [3.63, 3.8) is 0 Å². The number of para-hydroxylation sites is 1. The average Bonchev–Trinajstić information content (AvgIpc) is 2.72. The van der Waals surface area contributed by atoms with Crippen LogP contribution in [-0.2, 0) is 16.5 Å². The predicted octanol–water partition coefficient (Wildman–Crippen LogP) is 3.07. The maximum absolute atomic E-state index is 13.1. The third kappa shape index (κ3) is 3.47. The Morgan fingerprint density at radius 1 is 0.833 bits per heavy atom. The second-order valence-corrected chi connectivity index (χ2v) is 8.30. The zero-order chi connectivity index (χ0) is 21.5. The van der Waals surface area contributed by atoms with Gasteiger partial charge in [-0.3, -0.25) is 14.1 Å². The average molecular weight is 423 g/mol. The Morgan fingerprint density at radius 3 is 2.13 bits per heavy atom. The molecule has 0 aromatic heterocycles. The van der Waals surface area contributed by atoms with Gasteiger partial charge in [0.25, 0.3) is 10.1 Å². The van der Waals surface area contributed by atoms with Crippen LogP contribution in [0.3, 0.4) is 0 Å². The standard InChI is InChI=1S/C22H17NO6S/c24-19-8-4-1-5-13(19)9-10-23-18-12-14(30(27,28)29)11-17-20(18)22(26)16-7-3-2-6-15(16)21(17)25/h1-8,11-12,23-24H,9-10H2,(H,27,28,29). The van der Waals surface area contributed by atoms with Crippen LogP contribution in [0.4, 0.5) is 5.69 Å². The molecule has 0 radical (unpaired) electrons. The number of ketones is 2. The highest BCUT2D eigenvalue weighted by atomic mass is 32.2. The van der Waals surface area contributed by atoms with Crippen molar-refractivity contribution in [2.24, 2.45) is 0 Å². The molecule has 0 atom stereocenters. The van der Waals surface area contributed by atoms with Gasteiger partial charge in [-0.05, 0) is 30.2 Å². The largest absolute Gasteiger partial charge is 0.508 e. The van der Waals surface area contributed by atoms with E-state index in [4.69, 9.17) is 0 Å². The van der Waals surface area contributed by atoms with Crippen LogP contribution in [0, 0.1) is 0 Å². The molecule has 1 aliphatic carbocycles. The van der Waals surface area contributed by atoms with Crippen molar-refractivity contribution in [1.82, 2.24) is 0 Å². The van der Waals surface area contributed by atoms with Crippen molar-refractivity contribution in [3.8, 4) is 5.75 Å². The Balaban J connectivity index is 1.77. The van der Waals surface area contributed by atoms with Gasteiger partial charge >= 0.3 is 0 Å². The summed E-state index contributed by atoms with van der Waals surface area (Å²) in [5, 5.41) is 12.9. The third-order valence-electron chi connectivity index (χ3n) is 5.00. The SMILES string of the molecule is O=C1c2ccccc2C(=O)c2c(NCCc3ccccc3O)cc(S(=O)(=O)O)cc21. The van der Waals surface area contributed by atoms with Crippen molar-refractivity contribution in [1.29, 1.82) is 0 Å². The number of aromatic hydroxyl groups is 1. The summed E-state index contributed by atoms with van der Waals surface area (Å²) in [7, 11) is -4.60. The van der Waals surface area contributed by atoms with Crippen LogP contribution in [0.1, 0.15) is 37.4 Å². The molecule has 0 aliphatic heterocycles. The molecule has 0 amide bonds. The fraction of sp³-hybridized carbons (Fsp3) is 0.0909. The van der Waals surface area contributed by atoms with E-state index in [1.54, 1.807) is 42.5 Å². The van der Waals surface area contributed by atoms with Gasteiger partial charge in [0.05, 0.1) is 10.5 Å². The zero-order valence-corrected chi connectivity index (χ0v) is 16.4. The second kappa shape index (κ2) is 7.40. The van der Waals surface area contributed by atoms with Gasteiger partial charge in [-0.15, -0.1) is 0 Å². The van der Waals surface area contributed by atoms with E-state index in [9.17, 15) is 27.7 Å². The molecule has 3 N–H and O–H groups in total. The zero-order valence-electron chi connectivity index (χ0n) is 15.6. The number of hydrogen-bond donors (Lipinski definition) is 3. The van der Waals surface area contributed by atoms with E-state index in [0.717, 1.165) is 12.1 Å². The molecule has 0 heterocycles. The molecule has 1 aliphatic rings. The lowest BCUT2D eigenvalue weighted by atomic mass is 9.83. The number of phenolic OH excluding ortho intramolecular Hbond substituents is 1. The summed E-state index contributed by atoms with van der Waals surface area (Å²) in [5.74, 6) is -0.783. The molecule has 7 nitrogen and oxygen atoms in total. The minimum atomic E-state index is -4.60. The Hall–Kier alpha value is -3.49. The van der Waals surface area contributed by atoms with Gasteiger partial charge in [0, 0.05) is 28.9 Å². The molecular formula is C22H17NO6S. The number of fused-ring (bicyclic) bond motifs is 2. The van der Waals surface area contributed by atoms with Crippen LogP contribution >= 0.6 is 0 Å². The maximum Gasteiger partial charge on any atom is 0.294 e. The fourth-order valence-corrected chi connectivity index (χ4v) is 4.07. The highest BCUT2D eigenvalue weighted by molar-refractivity contribution is 7.85. The molecule has 0 saturated heterocycles.